The van der Waals surface area contributed by atoms with Gasteiger partial charge in [0.1, 0.15) is 11.6 Å². The van der Waals surface area contributed by atoms with Crippen LogP contribution in [0.25, 0.3) is 0 Å². The van der Waals surface area contributed by atoms with Crippen molar-refractivity contribution >= 4 is 11.5 Å². The molecule has 0 aromatic carbocycles. The minimum Gasteiger partial charge on any atom is -0.364 e. The Morgan fingerprint density at radius 2 is 2.19 bits per heavy atom. The van der Waals surface area contributed by atoms with Gasteiger partial charge in [-0.05, 0) is 24.3 Å². The summed E-state index contributed by atoms with van der Waals surface area (Å²) in [5.41, 5.74) is -0.179. The van der Waals surface area contributed by atoms with E-state index in [2.05, 4.69) is 17.2 Å². The van der Waals surface area contributed by atoms with Crippen LogP contribution in [0.15, 0.2) is 12.3 Å². The molecule has 6 nitrogen and oxygen atoms in total. The van der Waals surface area contributed by atoms with Gasteiger partial charge in [0.05, 0.1) is 4.92 Å². The van der Waals surface area contributed by atoms with E-state index in [4.69, 9.17) is 5.26 Å². The molecule has 112 valence electrons. The third-order valence-electron chi connectivity index (χ3n) is 4.21. The van der Waals surface area contributed by atoms with Gasteiger partial charge in [-0.3, -0.25) is 10.1 Å². The smallest absolute Gasteiger partial charge is 0.328 e. The molecule has 1 aliphatic carbocycles. The Balaban J connectivity index is 1.94. The Bertz CT molecular complexity index is 545. The van der Waals surface area contributed by atoms with E-state index in [-0.39, 0.29) is 17.1 Å². The Morgan fingerprint density at radius 1 is 1.48 bits per heavy atom. The summed E-state index contributed by atoms with van der Waals surface area (Å²) in [5.74, 6) is 1.71. The maximum absolute atomic E-state index is 11.1. The number of aromatic nitrogens is 1. The van der Waals surface area contributed by atoms with Gasteiger partial charge in [0.2, 0.25) is 5.82 Å². The third-order valence-corrected chi connectivity index (χ3v) is 4.21. The second-order valence-electron chi connectivity index (χ2n) is 5.77. The van der Waals surface area contributed by atoms with E-state index in [1.54, 1.807) is 0 Å². The summed E-state index contributed by atoms with van der Waals surface area (Å²) in [6, 6.07) is 3.21. The molecule has 1 heterocycles. The molecule has 1 aromatic rings. The Labute approximate surface area is 124 Å². The first kappa shape index (κ1) is 15.2. The molecule has 1 aromatic heterocycles. The van der Waals surface area contributed by atoms with Gasteiger partial charge < -0.3 is 5.32 Å². The van der Waals surface area contributed by atoms with Gasteiger partial charge in [-0.25, -0.2) is 4.98 Å². The molecule has 21 heavy (non-hydrogen) atoms. The van der Waals surface area contributed by atoms with Crippen molar-refractivity contribution in [3.8, 4) is 6.07 Å². The molecule has 1 fully saturated rings. The van der Waals surface area contributed by atoms with E-state index in [0.29, 0.717) is 12.5 Å². The quantitative estimate of drug-likeness (QED) is 0.661. The number of hydrogen-bond acceptors (Lipinski definition) is 5. The first-order valence-electron chi connectivity index (χ1n) is 7.39. The number of hydrogen-bond donors (Lipinski definition) is 1. The van der Waals surface area contributed by atoms with Gasteiger partial charge in [0.25, 0.3) is 0 Å². The average molecular weight is 288 g/mol. The zero-order valence-corrected chi connectivity index (χ0v) is 12.2. The zero-order chi connectivity index (χ0) is 15.2. The highest BCUT2D eigenvalue weighted by atomic mass is 16.6. The molecule has 0 amide bonds. The molecule has 0 bridgehead atoms. The number of nitriles is 1. The van der Waals surface area contributed by atoms with Crippen molar-refractivity contribution in [2.75, 3.05) is 11.9 Å². The first-order valence-corrected chi connectivity index (χ1v) is 7.39. The van der Waals surface area contributed by atoms with Crippen LogP contribution in [0.5, 0.6) is 0 Å². The molecule has 0 radical (unpaired) electrons. The summed E-state index contributed by atoms with van der Waals surface area (Å²) in [6.45, 7) is 2.94. The number of pyridine rings is 1. The Hall–Kier alpha value is -2.16. The SMILES string of the molecule is CC1CCC(CCNc2nccc(C#N)c2[N+](=O)[O-])CC1. The third kappa shape index (κ3) is 3.91. The largest absolute Gasteiger partial charge is 0.364 e. The van der Waals surface area contributed by atoms with Gasteiger partial charge in [0, 0.05) is 12.7 Å². The van der Waals surface area contributed by atoms with Crippen molar-refractivity contribution in [1.29, 1.82) is 5.26 Å². The van der Waals surface area contributed by atoms with Crippen molar-refractivity contribution in [3.05, 3.63) is 27.9 Å². The van der Waals surface area contributed by atoms with Gasteiger partial charge in [-0.15, -0.1) is 0 Å². The predicted octanol–water partition coefficient (Wildman–Crippen LogP) is 3.49. The highest BCUT2D eigenvalue weighted by Gasteiger charge is 2.22. The average Bonchev–Trinajstić information content (AvgIpc) is 2.48. The van der Waals surface area contributed by atoms with E-state index in [9.17, 15) is 10.1 Å². The lowest BCUT2D eigenvalue weighted by Crippen LogP contribution is -2.16. The fourth-order valence-electron chi connectivity index (χ4n) is 2.87. The molecule has 1 N–H and O–H groups in total. The molecule has 0 unspecified atom stereocenters. The minimum absolute atomic E-state index is 0.0454. The Kier molecular flexibility index (Phi) is 5.09. The minimum atomic E-state index is -0.545. The van der Waals surface area contributed by atoms with Crippen LogP contribution in [0.3, 0.4) is 0 Å². The van der Waals surface area contributed by atoms with Crippen LogP contribution in [0.1, 0.15) is 44.6 Å². The number of nitrogens with zero attached hydrogens (tertiary/aromatic N) is 3. The van der Waals surface area contributed by atoms with Gasteiger partial charge in [0.15, 0.2) is 0 Å². The normalized spacial score (nSPS) is 21.5. The van der Waals surface area contributed by atoms with Gasteiger partial charge in [-0.2, -0.15) is 5.26 Å². The van der Waals surface area contributed by atoms with E-state index >= 15 is 0 Å². The van der Waals surface area contributed by atoms with Crippen LogP contribution in [-0.4, -0.2) is 16.5 Å². The summed E-state index contributed by atoms with van der Waals surface area (Å²) in [7, 11) is 0. The number of nitrogens with one attached hydrogen (secondary N) is 1. The van der Waals surface area contributed by atoms with Crippen LogP contribution >= 0.6 is 0 Å². The number of rotatable bonds is 5. The monoisotopic (exact) mass is 288 g/mol. The molecule has 1 saturated carbocycles. The number of nitro groups is 1. The molecule has 6 heteroatoms. The van der Waals surface area contributed by atoms with Crippen LogP contribution in [0, 0.1) is 33.3 Å². The van der Waals surface area contributed by atoms with Crippen molar-refractivity contribution in [2.45, 2.75) is 39.0 Å². The summed E-state index contributed by atoms with van der Waals surface area (Å²) in [4.78, 5) is 14.5. The Morgan fingerprint density at radius 3 is 2.81 bits per heavy atom. The van der Waals surface area contributed by atoms with Crippen LogP contribution in [-0.2, 0) is 0 Å². The van der Waals surface area contributed by atoms with Gasteiger partial charge >= 0.3 is 5.69 Å². The second-order valence-corrected chi connectivity index (χ2v) is 5.77. The standard InChI is InChI=1S/C15H20N4O2/c1-11-2-4-12(5-3-11)6-8-17-15-14(19(20)21)13(10-16)7-9-18-15/h7,9,11-12H,2-6,8H2,1H3,(H,17,18). The molecule has 0 saturated heterocycles. The first-order chi connectivity index (χ1) is 10.1. The van der Waals surface area contributed by atoms with Crippen molar-refractivity contribution in [2.24, 2.45) is 11.8 Å². The molecule has 1 aliphatic rings. The highest BCUT2D eigenvalue weighted by Crippen LogP contribution is 2.31. The van der Waals surface area contributed by atoms with E-state index < -0.39 is 4.92 Å². The molecule has 2 rings (SSSR count). The topological polar surface area (TPSA) is 91.8 Å². The molecular weight excluding hydrogens is 268 g/mol. The molecule has 0 atom stereocenters. The predicted molar refractivity (Wildman–Crippen MR) is 79.8 cm³/mol. The molecule has 0 spiro atoms. The second kappa shape index (κ2) is 7.02. The summed E-state index contributed by atoms with van der Waals surface area (Å²) in [5, 5.41) is 23.0. The number of anilines is 1. The fourth-order valence-corrected chi connectivity index (χ4v) is 2.87. The van der Waals surface area contributed by atoms with Crippen molar-refractivity contribution in [3.63, 3.8) is 0 Å². The van der Waals surface area contributed by atoms with E-state index in [1.165, 1.54) is 37.9 Å². The fraction of sp³-hybridized carbons (Fsp3) is 0.600. The summed E-state index contributed by atoms with van der Waals surface area (Å²) >= 11 is 0. The van der Waals surface area contributed by atoms with Crippen LogP contribution in [0.4, 0.5) is 11.5 Å². The zero-order valence-electron chi connectivity index (χ0n) is 12.2. The van der Waals surface area contributed by atoms with Crippen LogP contribution < -0.4 is 5.32 Å². The lowest BCUT2D eigenvalue weighted by Gasteiger charge is -2.26. The maximum Gasteiger partial charge on any atom is 0.328 e. The summed E-state index contributed by atoms with van der Waals surface area (Å²) in [6.07, 6.45) is 7.42. The van der Waals surface area contributed by atoms with E-state index in [1.807, 2.05) is 6.07 Å². The summed E-state index contributed by atoms with van der Waals surface area (Å²) < 4.78 is 0. The lowest BCUT2D eigenvalue weighted by atomic mass is 9.81. The van der Waals surface area contributed by atoms with Gasteiger partial charge in [-0.1, -0.05) is 32.6 Å². The van der Waals surface area contributed by atoms with E-state index in [0.717, 1.165) is 12.3 Å². The maximum atomic E-state index is 11.1. The van der Waals surface area contributed by atoms with Crippen LogP contribution in [0.2, 0.25) is 0 Å². The molecular formula is C15H20N4O2. The lowest BCUT2D eigenvalue weighted by molar-refractivity contribution is -0.384. The molecule has 0 aliphatic heterocycles. The van der Waals surface area contributed by atoms with Crippen molar-refractivity contribution in [1.82, 2.24) is 4.98 Å². The van der Waals surface area contributed by atoms with Crippen molar-refractivity contribution < 1.29 is 4.92 Å². The highest BCUT2D eigenvalue weighted by molar-refractivity contribution is 5.63.